The average Bonchev–Trinajstić information content (AvgIpc) is 2.16. The summed E-state index contributed by atoms with van der Waals surface area (Å²) in [5.41, 5.74) is 0.888. The zero-order chi connectivity index (χ0) is 10.6. The Balaban J connectivity index is 3.08. The van der Waals surface area contributed by atoms with Gasteiger partial charge in [-0.2, -0.15) is 0 Å². The summed E-state index contributed by atoms with van der Waals surface area (Å²) in [6, 6.07) is 4.26. The Labute approximate surface area is 87.2 Å². The smallest absolute Gasteiger partial charge is 0.159 e. The SMILES string of the molecule is CC(=O)c1ccc(F)c(C=CCCl)c1. The predicted molar refractivity (Wildman–Crippen MR) is 56.2 cm³/mol. The van der Waals surface area contributed by atoms with E-state index in [1.807, 2.05) is 0 Å². The fourth-order valence-corrected chi connectivity index (χ4v) is 1.15. The van der Waals surface area contributed by atoms with Gasteiger partial charge in [0, 0.05) is 17.0 Å². The van der Waals surface area contributed by atoms with Crippen LogP contribution in [0.2, 0.25) is 0 Å². The molecule has 0 N–H and O–H groups in total. The van der Waals surface area contributed by atoms with Crippen LogP contribution in [-0.2, 0) is 0 Å². The third-order valence-electron chi connectivity index (χ3n) is 1.79. The molecule has 3 heteroatoms. The standard InChI is InChI=1S/C11H10ClFO/c1-8(14)9-4-5-11(13)10(7-9)3-2-6-12/h2-5,7H,6H2,1H3. The second-order valence-corrected chi connectivity index (χ2v) is 3.16. The number of alkyl halides is 1. The molecule has 0 saturated heterocycles. The highest BCUT2D eigenvalue weighted by molar-refractivity contribution is 6.19. The quantitative estimate of drug-likeness (QED) is 0.555. The summed E-state index contributed by atoms with van der Waals surface area (Å²) in [6.07, 6.45) is 3.19. The van der Waals surface area contributed by atoms with Crippen molar-refractivity contribution in [2.45, 2.75) is 6.92 Å². The minimum Gasteiger partial charge on any atom is -0.295 e. The van der Waals surface area contributed by atoms with Crippen molar-refractivity contribution < 1.29 is 9.18 Å². The molecule has 74 valence electrons. The van der Waals surface area contributed by atoms with E-state index in [-0.39, 0.29) is 11.6 Å². The molecule has 0 aliphatic heterocycles. The van der Waals surface area contributed by atoms with Crippen LogP contribution in [-0.4, -0.2) is 11.7 Å². The first-order valence-electron chi connectivity index (χ1n) is 4.18. The van der Waals surface area contributed by atoms with Gasteiger partial charge in [0.1, 0.15) is 5.82 Å². The molecule has 0 spiro atoms. The van der Waals surface area contributed by atoms with Crippen LogP contribution >= 0.6 is 11.6 Å². The van der Waals surface area contributed by atoms with Crippen LogP contribution in [0.4, 0.5) is 4.39 Å². The number of hydrogen-bond acceptors (Lipinski definition) is 1. The summed E-state index contributed by atoms with van der Waals surface area (Å²) in [7, 11) is 0. The molecule has 1 nitrogen and oxygen atoms in total. The second-order valence-electron chi connectivity index (χ2n) is 2.85. The Morgan fingerprint density at radius 2 is 2.29 bits per heavy atom. The summed E-state index contributed by atoms with van der Waals surface area (Å²) in [6.45, 7) is 1.45. The maximum absolute atomic E-state index is 13.2. The summed E-state index contributed by atoms with van der Waals surface area (Å²) in [4.78, 5) is 11.0. The third kappa shape index (κ3) is 2.67. The van der Waals surface area contributed by atoms with Gasteiger partial charge in [-0.3, -0.25) is 4.79 Å². The van der Waals surface area contributed by atoms with E-state index in [2.05, 4.69) is 0 Å². The molecule has 0 aromatic heterocycles. The molecular weight excluding hydrogens is 203 g/mol. The molecule has 0 unspecified atom stereocenters. The number of benzene rings is 1. The Morgan fingerprint density at radius 3 is 2.86 bits per heavy atom. The van der Waals surface area contributed by atoms with Crippen molar-refractivity contribution in [3.05, 3.63) is 41.2 Å². The monoisotopic (exact) mass is 212 g/mol. The Morgan fingerprint density at radius 1 is 1.57 bits per heavy atom. The van der Waals surface area contributed by atoms with E-state index in [4.69, 9.17) is 11.6 Å². The first-order chi connectivity index (χ1) is 6.65. The fourth-order valence-electron chi connectivity index (χ4n) is 1.06. The van der Waals surface area contributed by atoms with E-state index >= 15 is 0 Å². The van der Waals surface area contributed by atoms with Crippen LogP contribution in [0, 0.1) is 5.82 Å². The average molecular weight is 213 g/mol. The van der Waals surface area contributed by atoms with Crippen molar-refractivity contribution >= 4 is 23.5 Å². The van der Waals surface area contributed by atoms with E-state index in [0.717, 1.165) is 0 Å². The molecule has 1 aromatic carbocycles. The summed E-state index contributed by atoms with van der Waals surface area (Å²) < 4.78 is 13.2. The molecule has 1 aromatic rings. The first-order valence-corrected chi connectivity index (χ1v) is 4.71. The number of carbonyl (C=O) groups excluding carboxylic acids is 1. The van der Waals surface area contributed by atoms with Crippen LogP contribution < -0.4 is 0 Å². The van der Waals surface area contributed by atoms with Crippen molar-refractivity contribution in [3.8, 4) is 0 Å². The number of ketones is 1. The summed E-state index contributed by atoms with van der Waals surface area (Å²) >= 11 is 5.43. The van der Waals surface area contributed by atoms with E-state index in [1.54, 1.807) is 12.2 Å². The lowest BCUT2D eigenvalue weighted by atomic mass is 10.1. The zero-order valence-electron chi connectivity index (χ0n) is 7.76. The van der Waals surface area contributed by atoms with Gasteiger partial charge in [-0.05, 0) is 25.1 Å². The number of hydrogen-bond donors (Lipinski definition) is 0. The highest BCUT2D eigenvalue weighted by Gasteiger charge is 2.03. The van der Waals surface area contributed by atoms with E-state index in [9.17, 15) is 9.18 Å². The molecule has 0 fully saturated rings. The minimum atomic E-state index is -0.351. The van der Waals surface area contributed by atoms with Crippen LogP contribution in [0.5, 0.6) is 0 Å². The summed E-state index contributed by atoms with van der Waals surface area (Å²) in [5, 5.41) is 0. The van der Waals surface area contributed by atoms with Crippen molar-refractivity contribution in [2.24, 2.45) is 0 Å². The van der Waals surface area contributed by atoms with Crippen molar-refractivity contribution in [1.82, 2.24) is 0 Å². The van der Waals surface area contributed by atoms with E-state index < -0.39 is 0 Å². The van der Waals surface area contributed by atoms with Gasteiger partial charge in [-0.15, -0.1) is 11.6 Å². The maximum Gasteiger partial charge on any atom is 0.159 e. The van der Waals surface area contributed by atoms with Crippen molar-refractivity contribution in [1.29, 1.82) is 0 Å². The van der Waals surface area contributed by atoms with Crippen LogP contribution in [0.25, 0.3) is 6.08 Å². The molecule has 0 amide bonds. The highest BCUT2D eigenvalue weighted by atomic mass is 35.5. The largest absolute Gasteiger partial charge is 0.295 e. The minimum absolute atomic E-state index is 0.0782. The zero-order valence-corrected chi connectivity index (χ0v) is 8.51. The predicted octanol–water partition coefficient (Wildman–Crippen LogP) is 3.28. The molecule has 0 atom stereocenters. The van der Waals surface area contributed by atoms with Gasteiger partial charge < -0.3 is 0 Å². The molecule has 0 bridgehead atoms. The Hall–Kier alpha value is -1.15. The maximum atomic E-state index is 13.2. The second kappa shape index (κ2) is 4.91. The van der Waals surface area contributed by atoms with Crippen LogP contribution in [0.1, 0.15) is 22.8 Å². The number of allylic oxidation sites excluding steroid dienone is 1. The van der Waals surface area contributed by atoms with Crippen LogP contribution in [0.3, 0.4) is 0 Å². The van der Waals surface area contributed by atoms with Crippen molar-refractivity contribution in [3.63, 3.8) is 0 Å². The first kappa shape index (κ1) is 10.9. The van der Waals surface area contributed by atoms with Crippen molar-refractivity contribution in [2.75, 3.05) is 5.88 Å². The number of Topliss-reactive ketones (excluding diaryl/α,β-unsaturated/α-hetero) is 1. The van der Waals surface area contributed by atoms with Gasteiger partial charge in [-0.1, -0.05) is 12.2 Å². The van der Waals surface area contributed by atoms with Gasteiger partial charge in [0.15, 0.2) is 5.78 Å². The van der Waals surface area contributed by atoms with Gasteiger partial charge in [0.05, 0.1) is 0 Å². The van der Waals surface area contributed by atoms with Gasteiger partial charge in [-0.25, -0.2) is 4.39 Å². The molecule has 0 saturated carbocycles. The normalized spacial score (nSPS) is 10.8. The van der Waals surface area contributed by atoms with Crippen LogP contribution in [0.15, 0.2) is 24.3 Å². The lowest BCUT2D eigenvalue weighted by molar-refractivity contribution is 0.101. The van der Waals surface area contributed by atoms with E-state index in [0.29, 0.717) is 17.0 Å². The Kier molecular flexibility index (Phi) is 3.84. The molecule has 0 heterocycles. The lowest BCUT2D eigenvalue weighted by Gasteiger charge is -1.99. The number of rotatable bonds is 3. The lowest BCUT2D eigenvalue weighted by Crippen LogP contribution is -1.94. The molecule has 0 aliphatic rings. The molecular formula is C11H10ClFO. The Bertz CT molecular complexity index is 372. The van der Waals surface area contributed by atoms with Gasteiger partial charge >= 0.3 is 0 Å². The number of halogens is 2. The molecule has 0 aliphatic carbocycles. The highest BCUT2D eigenvalue weighted by Crippen LogP contribution is 2.12. The van der Waals surface area contributed by atoms with Gasteiger partial charge in [0.25, 0.3) is 0 Å². The number of carbonyl (C=O) groups is 1. The third-order valence-corrected chi connectivity index (χ3v) is 1.97. The van der Waals surface area contributed by atoms with E-state index in [1.165, 1.54) is 25.1 Å². The van der Waals surface area contributed by atoms with Gasteiger partial charge in [0.2, 0.25) is 0 Å². The molecule has 0 radical (unpaired) electrons. The molecule has 14 heavy (non-hydrogen) atoms. The summed E-state index contributed by atoms with van der Waals surface area (Å²) in [5.74, 6) is -0.106. The molecule has 1 rings (SSSR count). The topological polar surface area (TPSA) is 17.1 Å². The fraction of sp³-hybridized carbons (Fsp3) is 0.182.